The van der Waals surface area contributed by atoms with E-state index < -0.39 is 43.3 Å². The number of nitrogens with zero attached hydrogens (tertiary/aromatic N) is 3. The smallest absolute Gasteiger partial charge is 0.327 e. The van der Waals surface area contributed by atoms with Crippen molar-refractivity contribution in [3.63, 3.8) is 0 Å². The molecule has 1 saturated heterocycles. The van der Waals surface area contributed by atoms with Gasteiger partial charge in [-0.1, -0.05) is 0 Å². The highest BCUT2D eigenvalue weighted by Gasteiger charge is 2.45. The van der Waals surface area contributed by atoms with E-state index in [1.54, 1.807) is 0 Å². The molecule has 0 atom stereocenters. The Morgan fingerprint density at radius 3 is 2.56 bits per heavy atom. The Bertz CT molecular complexity index is 881. The normalized spacial score (nSPS) is 16.6. The first-order chi connectivity index (χ1) is 12.6. The predicted octanol–water partition coefficient (Wildman–Crippen LogP) is 3.45. The van der Waals surface area contributed by atoms with Crippen LogP contribution in [0.3, 0.4) is 0 Å². The Kier molecular flexibility index (Phi) is 4.70. The van der Waals surface area contributed by atoms with Gasteiger partial charge in [0.15, 0.2) is 5.82 Å². The third-order valence-electron chi connectivity index (χ3n) is 3.78. The van der Waals surface area contributed by atoms with Crippen molar-refractivity contribution in [2.45, 2.75) is 18.8 Å². The second-order valence-electron chi connectivity index (χ2n) is 5.98. The van der Waals surface area contributed by atoms with E-state index in [1.165, 1.54) is 12.1 Å². The van der Waals surface area contributed by atoms with E-state index in [4.69, 9.17) is 0 Å². The molecule has 0 saturated carbocycles. The molecule has 0 bridgehead atoms. The van der Waals surface area contributed by atoms with Crippen LogP contribution in [0.15, 0.2) is 24.3 Å². The van der Waals surface area contributed by atoms with Gasteiger partial charge in [0.1, 0.15) is 12.5 Å². The van der Waals surface area contributed by atoms with Gasteiger partial charge in [0.25, 0.3) is 5.92 Å². The van der Waals surface area contributed by atoms with Crippen molar-refractivity contribution in [2.24, 2.45) is 0 Å². The molecule has 1 aromatic heterocycles. The van der Waals surface area contributed by atoms with Crippen molar-refractivity contribution in [3.8, 4) is 11.4 Å². The minimum atomic E-state index is -4.66. The molecule has 5 nitrogen and oxygen atoms in total. The number of aromatic nitrogens is 3. The van der Waals surface area contributed by atoms with E-state index in [2.05, 4.69) is 15.2 Å². The first kappa shape index (κ1) is 18.9. The molecule has 0 radical (unpaired) electrons. The topological polar surface area (TPSA) is 61.9 Å². The maximum atomic E-state index is 12.9. The highest BCUT2D eigenvalue weighted by atomic mass is 19.4. The van der Waals surface area contributed by atoms with Gasteiger partial charge in [-0.2, -0.15) is 18.3 Å². The summed E-state index contributed by atoms with van der Waals surface area (Å²) in [5.41, 5.74) is -1.28. The van der Waals surface area contributed by atoms with Crippen molar-refractivity contribution >= 4 is 12.0 Å². The number of benzene rings is 1. The van der Waals surface area contributed by atoms with Crippen LogP contribution in [0.4, 0.5) is 26.3 Å². The summed E-state index contributed by atoms with van der Waals surface area (Å²) in [4.78, 5) is 16.5. The van der Waals surface area contributed by atoms with Crippen LogP contribution < -0.4 is 0 Å². The fourth-order valence-electron chi connectivity index (χ4n) is 2.46. The number of likely N-dealkylation sites (tertiary alicyclic amines) is 1. The molecule has 11 heteroatoms. The number of alkyl halides is 6. The SMILES string of the molecule is O=C(/C=C\c1nc(-c2cc(CF)cc(C(F)(F)F)c2)n[nH]1)N1CC(F)(F)C1. The Labute approximate surface area is 148 Å². The van der Waals surface area contributed by atoms with Crippen molar-refractivity contribution in [1.29, 1.82) is 0 Å². The van der Waals surface area contributed by atoms with E-state index >= 15 is 0 Å². The Hall–Kier alpha value is -2.85. The molecule has 0 spiro atoms. The highest BCUT2D eigenvalue weighted by Crippen LogP contribution is 2.33. The van der Waals surface area contributed by atoms with Gasteiger partial charge in [-0.05, 0) is 29.8 Å². The lowest BCUT2D eigenvalue weighted by molar-refractivity contribution is -0.160. The minimum absolute atomic E-state index is 0.0323. The molecule has 144 valence electrons. The van der Waals surface area contributed by atoms with Gasteiger partial charge < -0.3 is 4.90 Å². The first-order valence-corrected chi connectivity index (χ1v) is 7.62. The van der Waals surface area contributed by atoms with Crippen LogP contribution in [0, 0.1) is 0 Å². The van der Waals surface area contributed by atoms with E-state index in [-0.39, 0.29) is 22.8 Å². The van der Waals surface area contributed by atoms with Gasteiger partial charge in [-0.3, -0.25) is 9.89 Å². The van der Waals surface area contributed by atoms with Crippen LogP contribution in [0.25, 0.3) is 17.5 Å². The second kappa shape index (κ2) is 6.71. The van der Waals surface area contributed by atoms with Crippen LogP contribution in [-0.2, 0) is 17.6 Å². The number of halogens is 6. The molecule has 0 aliphatic carbocycles. The summed E-state index contributed by atoms with van der Waals surface area (Å²) in [5, 5.41) is 6.15. The summed E-state index contributed by atoms with van der Waals surface area (Å²) in [6, 6.07) is 2.65. The number of hydrogen-bond acceptors (Lipinski definition) is 3. The molecular weight excluding hydrogens is 378 g/mol. The number of nitrogens with one attached hydrogen (secondary N) is 1. The van der Waals surface area contributed by atoms with Crippen LogP contribution in [0.2, 0.25) is 0 Å². The molecule has 2 aromatic rings. The summed E-state index contributed by atoms with van der Waals surface area (Å²) in [6.45, 7) is -2.44. The fourth-order valence-corrected chi connectivity index (χ4v) is 2.46. The Morgan fingerprint density at radius 1 is 1.26 bits per heavy atom. The zero-order valence-corrected chi connectivity index (χ0v) is 13.5. The summed E-state index contributed by atoms with van der Waals surface area (Å²) in [6.07, 6.45) is -2.50. The lowest BCUT2D eigenvalue weighted by Crippen LogP contribution is -2.57. The average molecular weight is 390 g/mol. The van der Waals surface area contributed by atoms with E-state index in [0.717, 1.165) is 17.0 Å². The van der Waals surface area contributed by atoms with Crippen molar-refractivity contribution in [1.82, 2.24) is 20.1 Å². The second-order valence-corrected chi connectivity index (χ2v) is 5.98. The molecule has 0 unspecified atom stereocenters. The standard InChI is InChI=1S/C16H12F6N4O/c17-6-9-3-10(5-11(4-9)16(20,21)22)14-23-12(24-25-14)1-2-13(27)26-7-15(18,19)8-26/h1-5H,6-8H2,(H,23,24,25)/b2-1-. The highest BCUT2D eigenvalue weighted by molar-refractivity contribution is 5.92. The van der Waals surface area contributed by atoms with E-state index in [1.807, 2.05) is 0 Å². The maximum Gasteiger partial charge on any atom is 0.416 e. The number of carbonyl (C=O) groups is 1. The molecule has 1 aliphatic rings. The number of aromatic amines is 1. The van der Waals surface area contributed by atoms with Crippen molar-refractivity contribution in [2.75, 3.05) is 13.1 Å². The van der Waals surface area contributed by atoms with Gasteiger partial charge >= 0.3 is 6.18 Å². The number of H-pyrrole nitrogens is 1. The van der Waals surface area contributed by atoms with Crippen LogP contribution in [-0.4, -0.2) is 45.0 Å². The quantitative estimate of drug-likeness (QED) is 0.643. The maximum absolute atomic E-state index is 12.9. The lowest BCUT2D eigenvalue weighted by Gasteiger charge is -2.37. The average Bonchev–Trinajstić information content (AvgIpc) is 3.05. The summed E-state index contributed by atoms with van der Waals surface area (Å²) >= 11 is 0. The lowest BCUT2D eigenvalue weighted by atomic mass is 10.1. The largest absolute Gasteiger partial charge is 0.416 e. The molecule has 1 aromatic carbocycles. The van der Waals surface area contributed by atoms with Crippen LogP contribution in [0.1, 0.15) is 17.0 Å². The molecule has 1 fully saturated rings. The van der Waals surface area contributed by atoms with Crippen molar-refractivity contribution in [3.05, 3.63) is 41.2 Å². The number of rotatable bonds is 4. The summed E-state index contributed by atoms with van der Waals surface area (Å²) < 4.78 is 77.0. The Balaban J connectivity index is 1.78. The molecule has 1 aliphatic heterocycles. The number of amides is 1. The number of hydrogen-bond donors (Lipinski definition) is 1. The third-order valence-corrected chi connectivity index (χ3v) is 3.78. The van der Waals surface area contributed by atoms with Crippen LogP contribution in [0.5, 0.6) is 0 Å². The zero-order valence-electron chi connectivity index (χ0n) is 13.5. The molecule has 27 heavy (non-hydrogen) atoms. The third kappa shape index (κ3) is 4.29. The summed E-state index contributed by atoms with van der Waals surface area (Å²) in [5.74, 6) is -3.64. The molecule has 3 rings (SSSR count). The zero-order chi connectivity index (χ0) is 19.8. The minimum Gasteiger partial charge on any atom is -0.327 e. The first-order valence-electron chi connectivity index (χ1n) is 7.62. The van der Waals surface area contributed by atoms with Gasteiger partial charge in [0.05, 0.1) is 18.7 Å². The molecule has 1 N–H and O–H groups in total. The van der Waals surface area contributed by atoms with Gasteiger partial charge in [-0.15, -0.1) is 0 Å². The predicted molar refractivity (Wildman–Crippen MR) is 82.2 cm³/mol. The van der Waals surface area contributed by atoms with Gasteiger partial charge in [0, 0.05) is 11.6 Å². The number of carbonyl (C=O) groups excluding carboxylic acids is 1. The molecular formula is C16H12F6N4O. The summed E-state index contributed by atoms with van der Waals surface area (Å²) in [7, 11) is 0. The van der Waals surface area contributed by atoms with E-state index in [9.17, 15) is 31.1 Å². The molecule has 2 heterocycles. The molecule has 1 amide bonds. The monoisotopic (exact) mass is 390 g/mol. The Morgan fingerprint density at radius 2 is 1.96 bits per heavy atom. The van der Waals surface area contributed by atoms with Gasteiger partial charge in [0.2, 0.25) is 5.91 Å². The van der Waals surface area contributed by atoms with Gasteiger partial charge in [-0.25, -0.2) is 18.2 Å². The fraction of sp³-hybridized carbons (Fsp3) is 0.312. The van der Waals surface area contributed by atoms with Crippen LogP contribution >= 0.6 is 0 Å². The van der Waals surface area contributed by atoms with Crippen molar-refractivity contribution < 1.29 is 31.1 Å². The van der Waals surface area contributed by atoms with E-state index in [0.29, 0.717) is 6.07 Å².